The molecule has 0 fully saturated rings. The molecule has 1 heteroatoms. The zero-order chi connectivity index (χ0) is 19.5. The second kappa shape index (κ2) is 7.65. The van der Waals surface area contributed by atoms with Gasteiger partial charge in [-0.05, 0) is 63.4 Å². The number of hydrogen-bond donors (Lipinski definition) is 1. The van der Waals surface area contributed by atoms with Crippen LogP contribution in [0, 0.1) is 0 Å². The number of para-hydroxylation sites is 1. The molecule has 0 saturated heterocycles. The lowest BCUT2D eigenvalue weighted by atomic mass is 9.95. The maximum Gasteiger partial charge on any atom is 0.0390 e. The van der Waals surface area contributed by atoms with Crippen molar-refractivity contribution in [3.8, 4) is 22.3 Å². The second-order valence-electron chi connectivity index (χ2n) is 7.18. The molecule has 138 valence electrons. The summed E-state index contributed by atoms with van der Waals surface area (Å²) >= 11 is 0. The molecular weight excluding hydrogens is 350 g/mol. The van der Waals surface area contributed by atoms with Gasteiger partial charge in [-0.25, -0.2) is 0 Å². The van der Waals surface area contributed by atoms with E-state index in [2.05, 4.69) is 108 Å². The van der Waals surface area contributed by atoms with Crippen LogP contribution in [0.4, 0.5) is 11.4 Å². The highest BCUT2D eigenvalue weighted by Gasteiger charge is 2.06. The Bertz CT molecular complexity index is 1260. The minimum Gasteiger partial charge on any atom is -0.356 e. The Balaban J connectivity index is 1.57. The van der Waals surface area contributed by atoms with Crippen LogP contribution in [0.25, 0.3) is 33.0 Å². The number of rotatable bonds is 4. The van der Waals surface area contributed by atoms with E-state index in [1.54, 1.807) is 0 Å². The molecule has 0 unspecified atom stereocenters. The first-order valence-corrected chi connectivity index (χ1v) is 9.87. The molecule has 5 aromatic rings. The van der Waals surface area contributed by atoms with E-state index >= 15 is 0 Å². The fourth-order valence-electron chi connectivity index (χ4n) is 3.79. The molecule has 0 saturated carbocycles. The topological polar surface area (TPSA) is 12.0 Å². The monoisotopic (exact) mass is 371 g/mol. The maximum atomic E-state index is 3.49. The van der Waals surface area contributed by atoms with Gasteiger partial charge in [-0.1, -0.05) is 91.0 Å². The summed E-state index contributed by atoms with van der Waals surface area (Å²) in [6.07, 6.45) is 0. The number of anilines is 2. The molecule has 29 heavy (non-hydrogen) atoms. The van der Waals surface area contributed by atoms with Gasteiger partial charge in [0.05, 0.1) is 0 Å². The van der Waals surface area contributed by atoms with Crippen molar-refractivity contribution in [1.29, 1.82) is 0 Å². The molecule has 0 aliphatic rings. The first kappa shape index (κ1) is 17.3. The zero-order valence-electron chi connectivity index (χ0n) is 16.0. The Labute approximate surface area is 171 Å². The van der Waals surface area contributed by atoms with Gasteiger partial charge >= 0.3 is 0 Å². The van der Waals surface area contributed by atoms with Crippen molar-refractivity contribution in [2.45, 2.75) is 0 Å². The van der Waals surface area contributed by atoms with Crippen LogP contribution in [-0.4, -0.2) is 0 Å². The van der Waals surface area contributed by atoms with Crippen molar-refractivity contribution in [3.05, 3.63) is 121 Å². The lowest BCUT2D eigenvalue weighted by molar-refractivity contribution is 1.54. The summed E-state index contributed by atoms with van der Waals surface area (Å²) in [7, 11) is 0. The molecule has 0 spiro atoms. The smallest absolute Gasteiger partial charge is 0.0390 e. The Morgan fingerprint density at radius 3 is 1.90 bits per heavy atom. The summed E-state index contributed by atoms with van der Waals surface area (Å²) in [6.45, 7) is 0. The zero-order valence-corrected chi connectivity index (χ0v) is 16.0. The molecule has 0 amide bonds. The third-order valence-electron chi connectivity index (χ3n) is 5.23. The first-order valence-electron chi connectivity index (χ1n) is 9.87. The summed E-state index contributed by atoms with van der Waals surface area (Å²) < 4.78 is 0. The lowest BCUT2D eigenvalue weighted by Crippen LogP contribution is -1.90. The quantitative estimate of drug-likeness (QED) is 0.338. The molecule has 0 heterocycles. The molecule has 0 aromatic heterocycles. The first-order chi connectivity index (χ1) is 14.4. The second-order valence-corrected chi connectivity index (χ2v) is 7.18. The van der Waals surface area contributed by atoms with E-state index in [-0.39, 0.29) is 0 Å². The fourth-order valence-corrected chi connectivity index (χ4v) is 3.79. The fraction of sp³-hybridized carbons (Fsp3) is 0. The maximum absolute atomic E-state index is 3.49. The van der Waals surface area contributed by atoms with Crippen LogP contribution in [0.5, 0.6) is 0 Å². The van der Waals surface area contributed by atoms with E-state index in [4.69, 9.17) is 0 Å². The van der Waals surface area contributed by atoms with Gasteiger partial charge in [-0.2, -0.15) is 0 Å². The highest BCUT2D eigenvalue weighted by Crippen LogP contribution is 2.33. The van der Waals surface area contributed by atoms with Crippen LogP contribution < -0.4 is 5.32 Å². The number of hydrogen-bond acceptors (Lipinski definition) is 1. The lowest BCUT2D eigenvalue weighted by Gasteiger charge is -2.11. The van der Waals surface area contributed by atoms with Crippen molar-refractivity contribution in [2.75, 3.05) is 5.32 Å². The molecular formula is C28H21N. The van der Waals surface area contributed by atoms with Crippen LogP contribution >= 0.6 is 0 Å². The Kier molecular flexibility index (Phi) is 4.56. The summed E-state index contributed by atoms with van der Waals surface area (Å²) in [6, 6.07) is 42.7. The van der Waals surface area contributed by atoms with Crippen LogP contribution in [-0.2, 0) is 0 Å². The highest BCUT2D eigenvalue weighted by molar-refractivity contribution is 5.99. The van der Waals surface area contributed by atoms with Crippen molar-refractivity contribution in [3.63, 3.8) is 0 Å². The average molecular weight is 371 g/mol. The number of nitrogens with one attached hydrogen (secondary N) is 1. The van der Waals surface area contributed by atoms with E-state index in [9.17, 15) is 0 Å². The van der Waals surface area contributed by atoms with Crippen LogP contribution in [0.2, 0.25) is 0 Å². The SMILES string of the molecule is c1ccc(Nc2cccc(-c3ccc4cccc(-c5ccccc5)c4c3)c2)cc1. The normalized spacial score (nSPS) is 10.8. The van der Waals surface area contributed by atoms with Gasteiger partial charge in [0, 0.05) is 11.4 Å². The van der Waals surface area contributed by atoms with E-state index in [1.807, 2.05) is 18.2 Å². The van der Waals surface area contributed by atoms with Gasteiger partial charge in [-0.3, -0.25) is 0 Å². The van der Waals surface area contributed by atoms with Crippen LogP contribution in [0.3, 0.4) is 0 Å². The molecule has 1 nitrogen and oxygen atoms in total. The molecule has 0 aliphatic heterocycles. The van der Waals surface area contributed by atoms with E-state index in [0.717, 1.165) is 11.4 Å². The number of benzene rings is 5. The summed E-state index contributed by atoms with van der Waals surface area (Å²) in [5, 5.41) is 6.02. The highest BCUT2D eigenvalue weighted by atomic mass is 14.9. The van der Waals surface area contributed by atoms with Gasteiger partial charge in [0.25, 0.3) is 0 Å². The third kappa shape index (κ3) is 3.63. The molecule has 0 aliphatic carbocycles. The predicted molar refractivity (Wildman–Crippen MR) is 125 cm³/mol. The Morgan fingerprint density at radius 2 is 1.07 bits per heavy atom. The molecule has 0 atom stereocenters. The molecule has 5 aromatic carbocycles. The molecule has 5 rings (SSSR count). The molecule has 0 radical (unpaired) electrons. The van der Waals surface area contributed by atoms with Gasteiger partial charge < -0.3 is 5.32 Å². The largest absolute Gasteiger partial charge is 0.356 e. The van der Waals surface area contributed by atoms with Gasteiger partial charge in [-0.15, -0.1) is 0 Å². The standard InChI is InChI=1S/C28H21N/c1-3-9-21(10-4-1)27-16-8-11-22-17-18-24(20-28(22)27)23-12-7-15-26(19-23)29-25-13-5-2-6-14-25/h1-20,29H. The van der Waals surface area contributed by atoms with Crippen molar-refractivity contribution < 1.29 is 0 Å². The van der Waals surface area contributed by atoms with E-state index in [1.165, 1.54) is 33.0 Å². The summed E-state index contributed by atoms with van der Waals surface area (Å²) in [5.41, 5.74) is 7.12. The molecule has 0 bridgehead atoms. The average Bonchev–Trinajstić information content (AvgIpc) is 2.80. The van der Waals surface area contributed by atoms with E-state index < -0.39 is 0 Å². The minimum absolute atomic E-state index is 1.09. The van der Waals surface area contributed by atoms with Crippen molar-refractivity contribution in [2.24, 2.45) is 0 Å². The van der Waals surface area contributed by atoms with E-state index in [0.29, 0.717) is 0 Å². The summed E-state index contributed by atoms with van der Waals surface area (Å²) in [5.74, 6) is 0. The predicted octanol–water partition coefficient (Wildman–Crippen LogP) is 7.92. The number of fused-ring (bicyclic) bond motifs is 1. The van der Waals surface area contributed by atoms with Gasteiger partial charge in [0.2, 0.25) is 0 Å². The van der Waals surface area contributed by atoms with Gasteiger partial charge in [0.1, 0.15) is 0 Å². The summed E-state index contributed by atoms with van der Waals surface area (Å²) in [4.78, 5) is 0. The Morgan fingerprint density at radius 1 is 0.414 bits per heavy atom. The molecule has 1 N–H and O–H groups in total. The van der Waals surface area contributed by atoms with Crippen molar-refractivity contribution in [1.82, 2.24) is 0 Å². The minimum atomic E-state index is 1.09. The Hall–Kier alpha value is -3.84. The third-order valence-corrected chi connectivity index (χ3v) is 5.23. The van der Waals surface area contributed by atoms with Gasteiger partial charge in [0.15, 0.2) is 0 Å². The van der Waals surface area contributed by atoms with Crippen LogP contribution in [0.15, 0.2) is 121 Å². The van der Waals surface area contributed by atoms with Crippen LogP contribution in [0.1, 0.15) is 0 Å². The van der Waals surface area contributed by atoms with Crippen molar-refractivity contribution >= 4 is 22.1 Å².